The van der Waals surface area contributed by atoms with E-state index in [2.05, 4.69) is 0 Å². The SMILES string of the molecule is CC(=O)Oc1c(C)cc(C=O)cc1O. The van der Waals surface area contributed by atoms with Gasteiger partial charge in [0.1, 0.15) is 6.29 Å². The second-order valence-electron chi connectivity index (χ2n) is 2.90. The Bertz CT molecular complexity index is 359. The van der Waals surface area contributed by atoms with Crippen LogP contribution in [0.3, 0.4) is 0 Å². The van der Waals surface area contributed by atoms with Crippen LogP contribution in [0.5, 0.6) is 11.5 Å². The fraction of sp³-hybridized carbons (Fsp3) is 0.200. The molecular formula is C10H10O4. The van der Waals surface area contributed by atoms with Crippen LogP contribution in [-0.4, -0.2) is 17.4 Å². The first-order valence-electron chi connectivity index (χ1n) is 4.02. The quantitative estimate of drug-likeness (QED) is 0.439. The molecule has 1 aromatic rings. The molecule has 0 heterocycles. The van der Waals surface area contributed by atoms with Gasteiger partial charge in [0.2, 0.25) is 0 Å². The third-order valence-electron chi connectivity index (χ3n) is 1.66. The lowest BCUT2D eigenvalue weighted by molar-refractivity contribution is -0.132. The van der Waals surface area contributed by atoms with Gasteiger partial charge >= 0.3 is 5.97 Å². The van der Waals surface area contributed by atoms with Gasteiger partial charge in [0.05, 0.1) is 0 Å². The van der Waals surface area contributed by atoms with Gasteiger partial charge in [-0.2, -0.15) is 0 Å². The van der Waals surface area contributed by atoms with Crippen molar-refractivity contribution in [1.29, 1.82) is 0 Å². The van der Waals surface area contributed by atoms with Crippen molar-refractivity contribution in [3.8, 4) is 11.5 Å². The van der Waals surface area contributed by atoms with E-state index in [0.717, 1.165) is 0 Å². The minimum absolute atomic E-state index is 0.100. The van der Waals surface area contributed by atoms with E-state index < -0.39 is 5.97 Å². The number of phenolic OH excluding ortho intramolecular Hbond substituents is 1. The zero-order valence-corrected chi connectivity index (χ0v) is 7.90. The summed E-state index contributed by atoms with van der Waals surface area (Å²) in [5, 5.41) is 9.42. The molecule has 4 nitrogen and oxygen atoms in total. The van der Waals surface area contributed by atoms with Crippen molar-refractivity contribution >= 4 is 12.3 Å². The Morgan fingerprint density at radius 1 is 1.50 bits per heavy atom. The molecule has 0 amide bonds. The monoisotopic (exact) mass is 194 g/mol. The van der Waals surface area contributed by atoms with E-state index in [1.807, 2.05) is 0 Å². The molecular weight excluding hydrogens is 184 g/mol. The van der Waals surface area contributed by atoms with Crippen LogP contribution in [0.15, 0.2) is 12.1 Å². The fourth-order valence-electron chi connectivity index (χ4n) is 1.13. The van der Waals surface area contributed by atoms with Crippen molar-refractivity contribution in [2.24, 2.45) is 0 Å². The molecule has 0 aliphatic rings. The van der Waals surface area contributed by atoms with E-state index in [4.69, 9.17) is 4.74 Å². The Balaban J connectivity index is 3.17. The number of hydrogen-bond acceptors (Lipinski definition) is 4. The number of phenols is 1. The average Bonchev–Trinajstić information content (AvgIpc) is 2.10. The second-order valence-corrected chi connectivity index (χ2v) is 2.90. The molecule has 14 heavy (non-hydrogen) atoms. The molecule has 4 heteroatoms. The molecule has 0 saturated heterocycles. The van der Waals surface area contributed by atoms with Crippen molar-refractivity contribution in [3.63, 3.8) is 0 Å². The molecule has 0 fully saturated rings. The first kappa shape index (κ1) is 10.2. The van der Waals surface area contributed by atoms with E-state index >= 15 is 0 Å². The van der Waals surface area contributed by atoms with Gasteiger partial charge in [0, 0.05) is 12.5 Å². The summed E-state index contributed by atoms with van der Waals surface area (Å²) in [6.07, 6.45) is 0.615. The molecule has 1 rings (SSSR count). The fourth-order valence-corrected chi connectivity index (χ4v) is 1.13. The Hall–Kier alpha value is -1.84. The van der Waals surface area contributed by atoms with E-state index in [-0.39, 0.29) is 11.5 Å². The molecule has 0 atom stereocenters. The predicted molar refractivity (Wildman–Crippen MR) is 49.5 cm³/mol. The normalized spacial score (nSPS) is 9.57. The lowest BCUT2D eigenvalue weighted by atomic mass is 10.1. The van der Waals surface area contributed by atoms with Crippen molar-refractivity contribution < 1.29 is 19.4 Å². The average molecular weight is 194 g/mol. The van der Waals surface area contributed by atoms with Gasteiger partial charge in [0.25, 0.3) is 0 Å². The number of benzene rings is 1. The second kappa shape index (κ2) is 3.91. The minimum atomic E-state index is -0.512. The number of hydrogen-bond donors (Lipinski definition) is 1. The van der Waals surface area contributed by atoms with Crippen molar-refractivity contribution in [1.82, 2.24) is 0 Å². The molecule has 0 radical (unpaired) electrons. The highest BCUT2D eigenvalue weighted by molar-refractivity contribution is 5.78. The first-order chi connectivity index (χ1) is 6.54. The smallest absolute Gasteiger partial charge is 0.308 e. The molecule has 0 unspecified atom stereocenters. The lowest BCUT2D eigenvalue weighted by Crippen LogP contribution is -2.03. The van der Waals surface area contributed by atoms with Crippen LogP contribution in [-0.2, 0) is 4.79 Å². The third-order valence-corrected chi connectivity index (χ3v) is 1.66. The molecule has 0 aromatic heterocycles. The molecule has 0 saturated carbocycles. The summed E-state index contributed by atoms with van der Waals surface area (Å²) in [4.78, 5) is 21.1. The summed E-state index contributed by atoms with van der Waals surface area (Å²) in [7, 11) is 0. The topological polar surface area (TPSA) is 63.6 Å². The zero-order valence-electron chi connectivity index (χ0n) is 7.90. The molecule has 1 aromatic carbocycles. The zero-order chi connectivity index (χ0) is 10.7. The van der Waals surface area contributed by atoms with Crippen LogP contribution in [0.25, 0.3) is 0 Å². The van der Waals surface area contributed by atoms with Gasteiger partial charge in [-0.1, -0.05) is 0 Å². The van der Waals surface area contributed by atoms with Gasteiger partial charge in [-0.25, -0.2) is 0 Å². The van der Waals surface area contributed by atoms with E-state index in [9.17, 15) is 14.7 Å². The van der Waals surface area contributed by atoms with E-state index in [1.165, 1.54) is 19.1 Å². The first-order valence-corrected chi connectivity index (χ1v) is 4.02. The number of esters is 1. The molecule has 0 spiro atoms. The largest absolute Gasteiger partial charge is 0.504 e. The molecule has 74 valence electrons. The number of carbonyl (C=O) groups is 2. The van der Waals surface area contributed by atoms with Crippen LogP contribution in [0.2, 0.25) is 0 Å². The van der Waals surface area contributed by atoms with Gasteiger partial charge in [0.15, 0.2) is 11.5 Å². The Morgan fingerprint density at radius 3 is 2.57 bits per heavy atom. The maximum absolute atomic E-state index is 10.7. The molecule has 0 bridgehead atoms. The summed E-state index contributed by atoms with van der Waals surface area (Å²) >= 11 is 0. The summed E-state index contributed by atoms with van der Waals surface area (Å²) < 4.78 is 4.77. The van der Waals surface area contributed by atoms with Crippen LogP contribution in [0.4, 0.5) is 0 Å². The van der Waals surface area contributed by atoms with Crippen LogP contribution in [0, 0.1) is 6.92 Å². The summed E-state index contributed by atoms with van der Waals surface area (Å²) in [6, 6.07) is 2.78. The number of rotatable bonds is 2. The molecule has 0 aliphatic carbocycles. The number of carbonyl (C=O) groups excluding carboxylic acids is 2. The number of aryl methyl sites for hydroxylation is 1. The van der Waals surface area contributed by atoms with Crippen molar-refractivity contribution in [2.75, 3.05) is 0 Å². The molecule has 0 aliphatic heterocycles. The summed E-state index contributed by atoms with van der Waals surface area (Å²) in [6.45, 7) is 2.89. The van der Waals surface area contributed by atoms with Crippen LogP contribution in [0.1, 0.15) is 22.8 Å². The third kappa shape index (κ3) is 2.10. The van der Waals surface area contributed by atoms with Gasteiger partial charge < -0.3 is 9.84 Å². The van der Waals surface area contributed by atoms with Crippen LogP contribution >= 0.6 is 0 Å². The summed E-state index contributed by atoms with van der Waals surface area (Å²) in [5.74, 6) is -0.618. The number of aldehydes is 1. The van der Waals surface area contributed by atoms with Gasteiger partial charge in [-0.3, -0.25) is 9.59 Å². The maximum Gasteiger partial charge on any atom is 0.308 e. The van der Waals surface area contributed by atoms with Gasteiger partial charge in [-0.15, -0.1) is 0 Å². The van der Waals surface area contributed by atoms with E-state index in [1.54, 1.807) is 6.92 Å². The van der Waals surface area contributed by atoms with Gasteiger partial charge in [-0.05, 0) is 24.6 Å². The Kier molecular flexibility index (Phi) is 2.86. The highest BCUT2D eigenvalue weighted by Gasteiger charge is 2.10. The highest BCUT2D eigenvalue weighted by atomic mass is 16.5. The Morgan fingerprint density at radius 2 is 2.14 bits per heavy atom. The standard InChI is InChI=1S/C10H10O4/c1-6-3-8(5-11)4-9(13)10(6)14-7(2)12/h3-5,13H,1-2H3. The van der Waals surface area contributed by atoms with Crippen molar-refractivity contribution in [3.05, 3.63) is 23.3 Å². The maximum atomic E-state index is 10.7. The summed E-state index contributed by atoms with van der Waals surface area (Å²) in [5.41, 5.74) is 0.887. The van der Waals surface area contributed by atoms with Crippen molar-refractivity contribution in [2.45, 2.75) is 13.8 Å². The van der Waals surface area contributed by atoms with Crippen LogP contribution < -0.4 is 4.74 Å². The number of aromatic hydroxyl groups is 1. The van der Waals surface area contributed by atoms with E-state index in [0.29, 0.717) is 17.4 Å². The Labute approximate surface area is 81.1 Å². The number of ether oxygens (including phenoxy) is 1. The predicted octanol–water partition coefficient (Wildman–Crippen LogP) is 1.44. The molecule has 1 N–H and O–H groups in total. The highest BCUT2D eigenvalue weighted by Crippen LogP contribution is 2.30. The minimum Gasteiger partial charge on any atom is -0.504 e. The lowest BCUT2D eigenvalue weighted by Gasteiger charge is -2.07.